The molecule has 562 valence electrons. The number of methoxy groups -OCH3 is 1. The maximum Gasteiger partial charge on any atom is 0.312 e. The molecule has 3 rings (SSSR count). The third-order valence-electron chi connectivity index (χ3n) is 16.7. The lowest BCUT2D eigenvalue weighted by Gasteiger charge is -2.36. The molecule has 0 radical (unpaired) electrons. The van der Waals surface area contributed by atoms with Gasteiger partial charge in [-0.05, 0) is 179 Å². The van der Waals surface area contributed by atoms with Crippen molar-refractivity contribution in [1.29, 1.82) is 0 Å². The number of nitrogens with zero attached hydrogens (tertiary/aromatic N) is 4. The van der Waals surface area contributed by atoms with Gasteiger partial charge in [0.1, 0.15) is 13.2 Å². The lowest BCUT2D eigenvalue weighted by Crippen LogP contribution is -2.40. The van der Waals surface area contributed by atoms with E-state index in [-0.39, 0.29) is 56.9 Å². The number of amides is 1. The Kier molecular flexibility index (Phi) is 46.7. The van der Waals surface area contributed by atoms with E-state index in [1.165, 1.54) is 29.8 Å². The molecule has 0 unspecified atom stereocenters. The largest absolute Gasteiger partial charge is 0.466 e. The molecule has 0 aliphatic rings. The van der Waals surface area contributed by atoms with Crippen LogP contribution < -0.4 is 5.32 Å². The van der Waals surface area contributed by atoms with Crippen LogP contribution in [-0.2, 0) is 66.9 Å². The summed E-state index contributed by atoms with van der Waals surface area (Å²) in [6, 6.07) is 16.3. The highest BCUT2D eigenvalue weighted by molar-refractivity contribution is 5.78. The van der Waals surface area contributed by atoms with Crippen molar-refractivity contribution < 1.29 is 47.7 Å². The van der Waals surface area contributed by atoms with E-state index in [1.54, 1.807) is 7.11 Å². The molecular formula is C82H149N5O10. The molecule has 97 heavy (non-hydrogen) atoms. The van der Waals surface area contributed by atoms with Gasteiger partial charge in [-0.15, -0.1) is 0 Å². The zero-order valence-electron chi connectivity index (χ0n) is 68.8. The van der Waals surface area contributed by atoms with E-state index in [2.05, 4.69) is 128 Å². The number of esters is 4. The molecule has 0 aliphatic carbocycles. The van der Waals surface area contributed by atoms with Crippen LogP contribution in [0.3, 0.4) is 0 Å². The van der Waals surface area contributed by atoms with Crippen LogP contribution in [0.1, 0.15) is 277 Å². The predicted octanol–water partition coefficient (Wildman–Crippen LogP) is 19.5. The van der Waals surface area contributed by atoms with Crippen LogP contribution >= 0.6 is 0 Å². The van der Waals surface area contributed by atoms with Crippen molar-refractivity contribution in [1.82, 2.24) is 25.2 Å². The highest BCUT2D eigenvalue weighted by Crippen LogP contribution is 2.41. The highest BCUT2D eigenvalue weighted by atomic mass is 16.5. The Hall–Kier alpha value is -5.28. The number of rotatable bonds is 23. The van der Waals surface area contributed by atoms with E-state index in [1.807, 2.05) is 199 Å². The first-order valence-electron chi connectivity index (χ1n) is 35.6. The Morgan fingerprint density at radius 2 is 0.794 bits per heavy atom. The fourth-order valence-electron chi connectivity index (χ4n) is 7.06. The average Bonchev–Trinajstić information content (AvgIpc) is 0.833. The van der Waals surface area contributed by atoms with Gasteiger partial charge in [-0.25, -0.2) is 0 Å². The molecule has 3 heterocycles. The van der Waals surface area contributed by atoms with Crippen molar-refractivity contribution >= 4 is 29.8 Å². The van der Waals surface area contributed by atoms with Gasteiger partial charge in [-0.2, -0.15) is 0 Å². The van der Waals surface area contributed by atoms with Crippen molar-refractivity contribution in [2.75, 3.05) is 66.8 Å². The Morgan fingerprint density at radius 1 is 0.423 bits per heavy atom. The van der Waals surface area contributed by atoms with Crippen molar-refractivity contribution in [3.05, 3.63) is 90.3 Å². The molecule has 0 fully saturated rings. The van der Waals surface area contributed by atoms with E-state index < -0.39 is 16.2 Å². The number of nitrogens with one attached hydrogen (secondary N) is 1. The topological polar surface area (TPSA) is 185 Å². The minimum atomic E-state index is -0.542. The smallest absolute Gasteiger partial charge is 0.312 e. The Balaban J connectivity index is -0.000000535. The monoisotopic (exact) mass is 1360 g/mol. The summed E-state index contributed by atoms with van der Waals surface area (Å²) in [7, 11) is 3.54. The van der Waals surface area contributed by atoms with Gasteiger partial charge in [0, 0.05) is 69.3 Å². The van der Waals surface area contributed by atoms with E-state index >= 15 is 0 Å². The second kappa shape index (κ2) is 46.2. The summed E-state index contributed by atoms with van der Waals surface area (Å²) in [5.41, 5.74) is 3.19. The number of carbonyl (C=O) groups is 5. The maximum atomic E-state index is 12.3. The third-order valence-corrected chi connectivity index (χ3v) is 16.7. The van der Waals surface area contributed by atoms with Gasteiger partial charge < -0.3 is 29.0 Å². The molecule has 3 aromatic rings. The first kappa shape index (κ1) is 98.1. The molecule has 15 nitrogen and oxygen atoms in total. The summed E-state index contributed by atoms with van der Waals surface area (Å²) < 4.78 is 25.8. The fourth-order valence-corrected chi connectivity index (χ4v) is 7.06. The first-order valence-corrected chi connectivity index (χ1v) is 35.6. The van der Waals surface area contributed by atoms with E-state index in [4.69, 9.17) is 23.7 Å². The molecule has 0 aliphatic heterocycles. The van der Waals surface area contributed by atoms with Crippen LogP contribution in [-0.4, -0.2) is 116 Å². The number of hydrogen-bond donors (Lipinski definition) is 1. The molecule has 1 amide bonds. The van der Waals surface area contributed by atoms with Gasteiger partial charge in [0.25, 0.3) is 0 Å². The predicted molar refractivity (Wildman–Crippen MR) is 406 cm³/mol. The molecule has 0 saturated carbocycles. The number of pyridine rings is 3. The Labute approximate surface area is 595 Å². The molecular weight excluding hydrogens is 1210 g/mol. The highest BCUT2D eigenvalue weighted by Gasteiger charge is 2.43. The van der Waals surface area contributed by atoms with E-state index in [0.29, 0.717) is 81.8 Å². The molecule has 3 aromatic heterocycles. The van der Waals surface area contributed by atoms with Crippen LogP contribution in [0.4, 0.5) is 0 Å². The number of carbonyl (C=O) groups excluding carboxylic acids is 5. The molecule has 0 aromatic carbocycles. The normalized spacial score (nSPS) is 12.2. The minimum Gasteiger partial charge on any atom is -0.466 e. The van der Waals surface area contributed by atoms with E-state index in [9.17, 15) is 24.0 Å². The molecule has 0 saturated heterocycles. The van der Waals surface area contributed by atoms with E-state index in [0.717, 1.165) is 32.1 Å². The van der Waals surface area contributed by atoms with Gasteiger partial charge >= 0.3 is 23.9 Å². The van der Waals surface area contributed by atoms with Crippen molar-refractivity contribution in [2.45, 2.75) is 279 Å². The van der Waals surface area contributed by atoms with Crippen molar-refractivity contribution in [2.24, 2.45) is 59.6 Å². The third kappa shape index (κ3) is 53.3. The number of aryl methyl sites for hydroxylation is 2. The molecule has 15 heteroatoms. The summed E-state index contributed by atoms with van der Waals surface area (Å²) in [5.74, 6) is -0.450. The Morgan fingerprint density at radius 3 is 1.12 bits per heavy atom. The summed E-state index contributed by atoms with van der Waals surface area (Å²) in [6.45, 7) is 70.5. The standard InChI is InChI=1S/C21H41NO4.2C11H17N.C11H22O2.C10H15N.C9H19NO2.C9H18O2/c1-18(2,3)20(7,8)16(23)25-14-12-22(11)13-15-26-17(24)21(9,10)19(4,5)6;1-11(2,3)7-4-10-5-8-12-9-6-10;1-11(2,3)8-7-10-6-4-5-9-12-10;1-7-8-13-9(12)11(5,6)10(2,3)4;1-10(2,3)8-9-6-4-5-7-11-9;1-9(2,3)7-8(11)10-5-6-12-4;1-5-6-11-8(10)7-9(2,3)4/h12-15H2,1-11H3;5-6,8-9H,4,7H2,1-3H3;4-6,9H,7-8H2,1-3H3;7-8H2,1-6H3;4-7H,8H2,1-3H3;5-7H2,1-4H3,(H,10,11);5-7H2,1-4H3. The summed E-state index contributed by atoms with van der Waals surface area (Å²) in [6.07, 6.45) is 16.0. The van der Waals surface area contributed by atoms with Crippen LogP contribution in [0.5, 0.6) is 0 Å². The van der Waals surface area contributed by atoms with Gasteiger partial charge in [-0.1, -0.05) is 192 Å². The number of aromatic nitrogens is 3. The zero-order chi connectivity index (χ0) is 76.6. The maximum absolute atomic E-state index is 12.3. The van der Waals surface area contributed by atoms with Crippen LogP contribution in [0.25, 0.3) is 0 Å². The summed E-state index contributed by atoms with van der Waals surface area (Å²) in [5, 5.41) is 2.78. The first-order chi connectivity index (χ1) is 43.8. The quantitative estimate of drug-likeness (QED) is 0.0537. The van der Waals surface area contributed by atoms with Crippen LogP contribution in [0, 0.1) is 59.6 Å². The van der Waals surface area contributed by atoms with Crippen molar-refractivity contribution in [3.8, 4) is 0 Å². The number of ether oxygens (including phenoxy) is 5. The molecule has 0 atom stereocenters. The second-order valence-electron chi connectivity index (χ2n) is 36.2. The second-order valence-corrected chi connectivity index (χ2v) is 36.2. The van der Waals surface area contributed by atoms with Gasteiger partial charge in [0.2, 0.25) is 5.91 Å². The fraction of sp³-hybridized carbons (Fsp3) is 0.756. The molecule has 1 N–H and O–H groups in total. The zero-order valence-corrected chi connectivity index (χ0v) is 68.8. The average molecular weight is 1370 g/mol. The Bertz CT molecular complexity index is 2450. The summed E-state index contributed by atoms with van der Waals surface area (Å²) >= 11 is 0. The number of likely N-dealkylation sites (N-methyl/N-ethyl adjacent to an activating group) is 1. The van der Waals surface area contributed by atoms with Gasteiger partial charge in [0.15, 0.2) is 0 Å². The SMILES string of the molecule is CC(C)(C)CCc1ccccn1.CC(C)(C)CCc1ccncc1.CC(C)(C)Cc1ccccn1.CCCOC(=O)C(C)(C)C(C)(C)C.CCCOC(=O)CC(C)(C)C.CN(CCOC(=O)C(C)(C)C(C)(C)C)CCOC(=O)C(C)(C)C(C)(C)C.COCCNC(=O)CC(C)(C)C. The summed E-state index contributed by atoms with van der Waals surface area (Å²) in [4.78, 5) is 72.9. The lowest BCUT2D eigenvalue weighted by atomic mass is 9.69. The number of hydrogen-bond acceptors (Lipinski definition) is 14. The minimum absolute atomic E-state index is 0.0465. The molecule has 0 bridgehead atoms. The van der Waals surface area contributed by atoms with Crippen LogP contribution in [0.15, 0.2) is 73.3 Å². The van der Waals surface area contributed by atoms with Gasteiger partial charge in [-0.3, -0.25) is 43.8 Å². The van der Waals surface area contributed by atoms with Gasteiger partial charge in [0.05, 0.1) is 42.5 Å². The lowest BCUT2D eigenvalue weighted by molar-refractivity contribution is -0.161. The molecule has 0 spiro atoms. The van der Waals surface area contributed by atoms with Crippen LogP contribution in [0.2, 0.25) is 0 Å². The van der Waals surface area contributed by atoms with Crippen molar-refractivity contribution in [3.63, 3.8) is 0 Å².